The quantitative estimate of drug-likeness (QED) is 0.683. The Kier molecular flexibility index (Phi) is 4.26. The van der Waals surface area contributed by atoms with Gasteiger partial charge in [-0.2, -0.15) is 5.10 Å². The number of rotatable bonds is 3. The number of benzene rings is 1. The number of aromatic nitrogens is 3. The lowest BCUT2D eigenvalue weighted by Gasteiger charge is -2.30. The third-order valence-corrected chi connectivity index (χ3v) is 5.76. The summed E-state index contributed by atoms with van der Waals surface area (Å²) >= 11 is 0. The Labute approximate surface area is 164 Å². The number of likely N-dealkylation sites (tertiary alicyclic amines) is 1. The van der Waals surface area contributed by atoms with Crippen molar-refractivity contribution >= 4 is 23.1 Å². The van der Waals surface area contributed by atoms with Crippen LogP contribution in [0.5, 0.6) is 0 Å². The molecule has 0 bridgehead atoms. The molecule has 0 aliphatic carbocycles. The first-order valence-corrected chi connectivity index (χ1v) is 9.80. The van der Waals surface area contributed by atoms with E-state index in [1.807, 2.05) is 22.8 Å². The van der Waals surface area contributed by atoms with Crippen molar-refractivity contribution in [2.24, 2.45) is 5.73 Å². The lowest BCUT2D eigenvalue weighted by molar-refractivity contribution is 0.206. The van der Waals surface area contributed by atoms with Gasteiger partial charge in [0.1, 0.15) is 11.8 Å². The molecule has 3 aromatic rings. The van der Waals surface area contributed by atoms with Gasteiger partial charge in [0.25, 0.3) is 0 Å². The molecule has 5 rings (SSSR count). The number of nitrogen functional groups attached to an aromatic ring is 1. The first-order valence-electron chi connectivity index (χ1n) is 9.80. The Morgan fingerprint density at radius 2 is 2.00 bits per heavy atom. The van der Waals surface area contributed by atoms with Crippen molar-refractivity contribution in [2.75, 3.05) is 23.7 Å². The fourth-order valence-electron chi connectivity index (χ4n) is 4.16. The van der Waals surface area contributed by atoms with Crippen molar-refractivity contribution in [3.8, 4) is 0 Å². The van der Waals surface area contributed by atoms with Crippen molar-refractivity contribution in [3.63, 3.8) is 0 Å². The molecule has 2 aliphatic heterocycles. The van der Waals surface area contributed by atoms with Gasteiger partial charge < -0.3 is 16.4 Å². The predicted octanol–water partition coefficient (Wildman–Crippen LogP) is 2.23. The number of nitrogens with zero attached hydrogens (tertiary/aromatic N) is 5. The van der Waals surface area contributed by atoms with E-state index in [0.29, 0.717) is 6.04 Å². The van der Waals surface area contributed by atoms with Crippen LogP contribution >= 0.6 is 0 Å². The van der Waals surface area contributed by atoms with E-state index in [9.17, 15) is 0 Å². The standard InChI is InChI=1S/C21H25N7/c22-18-5-7-26(8-6-18)12-17-4-10-28-20(17)21(24-14-25-28)27-9-3-15-11-19(23)2-1-16(15)13-27/h1-4,9-11,14,18H,5-8,12-13,22-23H2. The second-order valence-electron chi connectivity index (χ2n) is 7.73. The molecule has 0 atom stereocenters. The molecule has 4 heterocycles. The Balaban J connectivity index is 1.47. The molecule has 7 heteroatoms. The highest BCUT2D eigenvalue weighted by molar-refractivity contribution is 5.77. The molecule has 0 saturated carbocycles. The smallest absolute Gasteiger partial charge is 0.161 e. The monoisotopic (exact) mass is 375 g/mol. The second kappa shape index (κ2) is 6.92. The lowest BCUT2D eigenvalue weighted by Crippen LogP contribution is -2.39. The molecular formula is C21H25N7. The van der Waals surface area contributed by atoms with E-state index in [0.717, 1.165) is 56.0 Å². The molecule has 28 heavy (non-hydrogen) atoms. The SMILES string of the molecule is Nc1ccc2c(c1)C=CN(c1ncnn3ccc(CN4CCC(N)CC4)c13)C2. The van der Waals surface area contributed by atoms with E-state index < -0.39 is 0 Å². The average Bonchev–Trinajstić information content (AvgIpc) is 3.12. The topological polar surface area (TPSA) is 88.7 Å². The Bertz CT molecular complexity index is 1030. The molecule has 144 valence electrons. The number of hydrogen-bond donors (Lipinski definition) is 2. The van der Waals surface area contributed by atoms with Crippen LogP contribution < -0.4 is 16.4 Å². The third kappa shape index (κ3) is 3.12. The fraction of sp³-hybridized carbons (Fsp3) is 0.333. The van der Waals surface area contributed by atoms with Crippen LogP contribution in [0.25, 0.3) is 11.6 Å². The van der Waals surface area contributed by atoms with E-state index in [-0.39, 0.29) is 0 Å². The predicted molar refractivity (Wildman–Crippen MR) is 112 cm³/mol. The zero-order valence-corrected chi connectivity index (χ0v) is 15.8. The Morgan fingerprint density at radius 1 is 1.14 bits per heavy atom. The van der Waals surface area contributed by atoms with Crippen LogP contribution in [-0.2, 0) is 13.1 Å². The number of hydrogen-bond acceptors (Lipinski definition) is 6. The first-order chi connectivity index (χ1) is 13.7. The maximum Gasteiger partial charge on any atom is 0.161 e. The van der Waals surface area contributed by atoms with E-state index in [1.165, 1.54) is 16.7 Å². The summed E-state index contributed by atoms with van der Waals surface area (Å²) in [5, 5.41) is 4.42. The highest BCUT2D eigenvalue weighted by Gasteiger charge is 2.21. The van der Waals surface area contributed by atoms with Crippen LogP contribution in [0, 0.1) is 0 Å². The molecule has 1 aromatic carbocycles. The zero-order chi connectivity index (χ0) is 19.1. The van der Waals surface area contributed by atoms with Gasteiger partial charge in [-0.05, 0) is 66.9 Å². The number of piperidine rings is 1. The van der Waals surface area contributed by atoms with Gasteiger partial charge in [-0.3, -0.25) is 4.90 Å². The van der Waals surface area contributed by atoms with Gasteiger partial charge in [-0.15, -0.1) is 0 Å². The molecule has 2 aliphatic rings. The minimum atomic E-state index is 0.341. The molecular weight excluding hydrogens is 350 g/mol. The summed E-state index contributed by atoms with van der Waals surface area (Å²) in [6.45, 7) is 3.75. The van der Waals surface area contributed by atoms with Crippen molar-refractivity contribution in [1.82, 2.24) is 19.5 Å². The molecule has 0 spiro atoms. The average molecular weight is 375 g/mol. The van der Waals surface area contributed by atoms with Crippen LogP contribution in [0.2, 0.25) is 0 Å². The minimum Gasteiger partial charge on any atom is -0.399 e. The van der Waals surface area contributed by atoms with Crippen LogP contribution in [0.4, 0.5) is 11.5 Å². The van der Waals surface area contributed by atoms with Crippen LogP contribution in [-0.4, -0.2) is 38.6 Å². The summed E-state index contributed by atoms with van der Waals surface area (Å²) in [5.74, 6) is 0.933. The van der Waals surface area contributed by atoms with Gasteiger partial charge in [-0.25, -0.2) is 9.50 Å². The van der Waals surface area contributed by atoms with Crippen molar-refractivity contribution in [1.29, 1.82) is 0 Å². The number of fused-ring (bicyclic) bond motifs is 2. The molecule has 0 amide bonds. The fourth-order valence-corrected chi connectivity index (χ4v) is 4.16. The first kappa shape index (κ1) is 17.2. The maximum atomic E-state index is 6.06. The van der Waals surface area contributed by atoms with Crippen LogP contribution in [0.15, 0.2) is 43.0 Å². The summed E-state index contributed by atoms with van der Waals surface area (Å²) in [4.78, 5) is 9.30. The van der Waals surface area contributed by atoms with E-state index in [4.69, 9.17) is 11.5 Å². The second-order valence-corrected chi connectivity index (χ2v) is 7.73. The molecule has 1 fully saturated rings. The number of nitrogens with two attached hydrogens (primary N) is 2. The van der Waals surface area contributed by atoms with E-state index >= 15 is 0 Å². The normalized spacial score (nSPS) is 18.0. The highest BCUT2D eigenvalue weighted by Crippen LogP contribution is 2.30. The molecule has 2 aromatic heterocycles. The van der Waals surface area contributed by atoms with Gasteiger partial charge in [0, 0.05) is 37.2 Å². The molecule has 1 saturated heterocycles. The third-order valence-electron chi connectivity index (χ3n) is 5.76. The molecule has 0 radical (unpaired) electrons. The largest absolute Gasteiger partial charge is 0.399 e. The number of anilines is 2. The van der Waals surface area contributed by atoms with Gasteiger partial charge in [-0.1, -0.05) is 6.07 Å². The van der Waals surface area contributed by atoms with E-state index in [2.05, 4.69) is 44.3 Å². The van der Waals surface area contributed by atoms with Gasteiger partial charge >= 0.3 is 0 Å². The summed E-state index contributed by atoms with van der Waals surface area (Å²) in [5.41, 5.74) is 17.5. The Morgan fingerprint density at radius 3 is 2.86 bits per heavy atom. The Hall–Kier alpha value is -2.90. The van der Waals surface area contributed by atoms with Gasteiger partial charge in [0.05, 0.1) is 0 Å². The summed E-state index contributed by atoms with van der Waals surface area (Å²) < 4.78 is 1.93. The molecule has 0 unspecified atom stereocenters. The molecule has 4 N–H and O–H groups in total. The summed E-state index contributed by atoms with van der Waals surface area (Å²) in [7, 11) is 0. The van der Waals surface area contributed by atoms with Crippen LogP contribution in [0.1, 0.15) is 29.5 Å². The summed E-state index contributed by atoms with van der Waals surface area (Å²) in [6, 6.07) is 8.56. The molecule has 7 nitrogen and oxygen atoms in total. The van der Waals surface area contributed by atoms with Gasteiger partial charge in [0.15, 0.2) is 5.82 Å². The highest BCUT2D eigenvalue weighted by atomic mass is 15.3. The summed E-state index contributed by atoms with van der Waals surface area (Å²) in [6.07, 6.45) is 9.95. The van der Waals surface area contributed by atoms with Crippen molar-refractivity contribution < 1.29 is 0 Å². The lowest BCUT2D eigenvalue weighted by atomic mass is 10.0. The minimum absolute atomic E-state index is 0.341. The van der Waals surface area contributed by atoms with Crippen molar-refractivity contribution in [2.45, 2.75) is 32.0 Å². The zero-order valence-electron chi connectivity index (χ0n) is 15.8. The van der Waals surface area contributed by atoms with Crippen LogP contribution in [0.3, 0.4) is 0 Å². The maximum absolute atomic E-state index is 6.06. The van der Waals surface area contributed by atoms with Gasteiger partial charge in [0.2, 0.25) is 0 Å². The van der Waals surface area contributed by atoms with E-state index in [1.54, 1.807) is 6.33 Å². The van der Waals surface area contributed by atoms with Crippen molar-refractivity contribution in [3.05, 3.63) is 59.7 Å².